The Hall–Kier alpha value is -1.13. The van der Waals surface area contributed by atoms with Gasteiger partial charge in [0.05, 0.1) is 10.0 Å². The van der Waals surface area contributed by atoms with Crippen molar-refractivity contribution in [3.8, 4) is 11.1 Å². The van der Waals surface area contributed by atoms with E-state index < -0.39 is 0 Å². The molecular weight excluding hydrogens is 317 g/mol. The van der Waals surface area contributed by atoms with Gasteiger partial charge < -0.3 is 4.90 Å². The topological polar surface area (TPSA) is 19.4 Å². The van der Waals surface area contributed by atoms with E-state index in [1.165, 1.54) is 5.56 Å². The van der Waals surface area contributed by atoms with E-state index in [0.29, 0.717) is 10.0 Å². The number of piperazine rings is 1. The van der Waals surface area contributed by atoms with Gasteiger partial charge in [-0.25, -0.2) is 0 Å². The molecule has 1 fully saturated rings. The van der Waals surface area contributed by atoms with Crippen molar-refractivity contribution in [2.45, 2.75) is 6.54 Å². The van der Waals surface area contributed by atoms with Crippen LogP contribution < -0.4 is 0 Å². The molecular formula is C17H19Cl2N3. The van der Waals surface area contributed by atoms with Crippen LogP contribution in [0.4, 0.5) is 0 Å². The molecule has 116 valence electrons. The van der Waals surface area contributed by atoms with Gasteiger partial charge in [-0.05, 0) is 24.7 Å². The standard InChI is InChI=1S/C17H19Cl2N3/c1-21-5-7-22(8-6-21)12-13-9-14(11-20-10-13)15-3-2-4-16(18)17(15)19/h2-4,9-11H,5-8,12H2,1H3. The molecule has 5 heteroatoms. The van der Waals surface area contributed by atoms with Crippen molar-refractivity contribution < 1.29 is 0 Å². The molecule has 3 nitrogen and oxygen atoms in total. The van der Waals surface area contributed by atoms with Gasteiger partial charge in [-0.3, -0.25) is 9.88 Å². The summed E-state index contributed by atoms with van der Waals surface area (Å²) in [6.07, 6.45) is 3.77. The zero-order chi connectivity index (χ0) is 15.5. The van der Waals surface area contributed by atoms with Gasteiger partial charge in [0.15, 0.2) is 0 Å². The molecule has 22 heavy (non-hydrogen) atoms. The van der Waals surface area contributed by atoms with E-state index in [9.17, 15) is 0 Å². The zero-order valence-corrected chi connectivity index (χ0v) is 14.1. The predicted octanol–water partition coefficient (Wildman–Crippen LogP) is 3.80. The average molecular weight is 336 g/mol. The molecule has 0 unspecified atom stereocenters. The molecule has 2 heterocycles. The summed E-state index contributed by atoms with van der Waals surface area (Å²) in [4.78, 5) is 9.19. The van der Waals surface area contributed by atoms with Crippen LogP contribution in [0.5, 0.6) is 0 Å². The summed E-state index contributed by atoms with van der Waals surface area (Å²) in [5, 5.41) is 1.16. The maximum atomic E-state index is 6.31. The third-order valence-electron chi connectivity index (χ3n) is 4.06. The number of aromatic nitrogens is 1. The summed E-state index contributed by atoms with van der Waals surface area (Å²) in [6.45, 7) is 5.35. The molecule has 0 atom stereocenters. The van der Waals surface area contributed by atoms with Gasteiger partial charge in [-0.1, -0.05) is 35.3 Å². The number of likely N-dealkylation sites (N-methyl/N-ethyl adjacent to an activating group) is 1. The molecule has 0 saturated carbocycles. The van der Waals surface area contributed by atoms with Crippen LogP contribution in [-0.2, 0) is 6.54 Å². The van der Waals surface area contributed by atoms with Crippen molar-refractivity contribution in [3.63, 3.8) is 0 Å². The fraction of sp³-hybridized carbons (Fsp3) is 0.353. The summed E-state index contributed by atoms with van der Waals surface area (Å²) < 4.78 is 0. The van der Waals surface area contributed by atoms with Gasteiger partial charge in [0, 0.05) is 56.2 Å². The summed E-state index contributed by atoms with van der Waals surface area (Å²) in [5.41, 5.74) is 3.15. The molecule has 0 aliphatic carbocycles. The van der Waals surface area contributed by atoms with Crippen molar-refractivity contribution in [1.29, 1.82) is 0 Å². The van der Waals surface area contributed by atoms with Gasteiger partial charge in [-0.2, -0.15) is 0 Å². The predicted molar refractivity (Wildman–Crippen MR) is 92.5 cm³/mol. The highest BCUT2D eigenvalue weighted by Gasteiger charge is 2.14. The highest BCUT2D eigenvalue weighted by Crippen LogP contribution is 2.33. The Morgan fingerprint density at radius 1 is 1.09 bits per heavy atom. The first kappa shape index (κ1) is 15.8. The first-order valence-corrected chi connectivity index (χ1v) is 8.18. The van der Waals surface area contributed by atoms with Crippen molar-refractivity contribution >= 4 is 23.2 Å². The molecule has 1 aromatic carbocycles. The van der Waals surface area contributed by atoms with Crippen LogP contribution >= 0.6 is 23.2 Å². The summed E-state index contributed by atoms with van der Waals surface area (Å²) in [5.74, 6) is 0. The van der Waals surface area contributed by atoms with Crippen LogP contribution in [0.2, 0.25) is 10.0 Å². The van der Waals surface area contributed by atoms with Crippen LogP contribution in [0.25, 0.3) is 11.1 Å². The third-order valence-corrected chi connectivity index (χ3v) is 4.88. The minimum Gasteiger partial charge on any atom is -0.304 e. The van der Waals surface area contributed by atoms with Gasteiger partial charge in [0.25, 0.3) is 0 Å². The molecule has 0 bridgehead atoms. The lowest BCUT2D eigenvalue weighted by molar-refractivity contribution is 0.148. The second-order valence-electron chi connectivity index (χ2n) is 5.76. The van der Waals surface area contributed by atoms with E-state index in [1.54, 1.807) is 6.07 Å². The van der Waals surface area contributed by atoms with Crippen molar-refractivity contribution in [2.75, 3.05) is 33.2 Å². The molecule has 0 N–H and O–H groups in total. The Kier molecular flexibility index (Phi) is 4.99. The zero-order valence-electron chi connectivity index (χ0n) is 12.6. The number of nitrogens with zero attached hydrogens (tertiary/aromatic N) is 3. The van der Waals surface area contributed by atoms with E-state index in [-0.39, 0.29) is 0 Å². The lowest BCUT2D eigenvalue weighted by Gasteiger charge is -2.32. The lowest BCUT2D eigenvalue weighted by atomic mass is 10.1. The van der Waals surface area contributed by atoms with Crippen molar-refractivity contribution in [3.05, 3.63) is 52.3 Å². The van der Waals surface area contributed by atoms with Crippen LogP contribution in [0.3, 0.4) is 0 Å². The maximum Gasteiger partial charge on any atom is 0.0671 e. The monoisotopic (exact) mass is 335 g/mol. The van der Waals surface area contributed by atoms with Gasteiger partial charge in [-0.15, -0.1) is 0 Å². The number of hydrogen-bond donors (Lipinski definition) is 0. The molecule has 1 aromatic heterocycles. The number of benzene rings is 1. The summed E-state index contributed by atoms with van der Waals surface area (Å²) in [6, 6.07) is 7.85. The van der Waals surface area contributed by atoms with Crippen LogP contribution in [0.1, 0.15) is 5.56 Å². The minimum absolute atomic E-state index is 0.573. The molecule has 0 radical (unpaired) electrons. The molecule has 1 aliphatic heterocycles. The number of halogens is 2. The first-order valence-electron chi connectivity index (χ1n) is 7.42. The summed E-state index contributed by atoms with van der Waals surface area (Å²) >= 11 is 12.4. The van der Waals surface area contributed by atoms with E-state index in [0.717, 1.165) is 43.9 Å². The largest absolute Gasteiger partial charge is 0.304 e. The minimum atomic E-state index is 0.573. The lowest BCUT2D eigenvalue weighted by Crippen LogP contribution is -2.43. The van der Waals surface area contributed by atoms with Gasteiger partial charge in [0.1, 0.15) is 0 Å². The van der Waals surface area contributed by atoms with E-state index in [4.69, 9.17) is 23.2 Å². The SMILES string of the molecule is CN1CCN(Cc2cncc(-c3cccc(Cl)c3Cl)c2)CC1. The smallest absolute Gasteiger partial charge is 0.0671 e. The van der Waals surface area contributed by atoms with Crippen LogP contribution in [0, 0.1) is 0 Å². The van der Waals surface area contributed by atoms with Gasteiger partial charge >= 0.3 is 0 Å². The number of pyridine rings is 1. The second-order valence-corrected chi connectivity index (χ2v) is 6.55. The fourth-order valence-electron chi connectivity index (χ4n) is 2.71. The molecule has 2 aromatic rings. The Morgan fingerprint density at radius 3 is 2.64 bits per heavy atom. The molecule has 1 saturated heterocycles. The molecule has 0 spiro atoms. The maximum absolute atomic E-state index is 6.31. The van der Waals surface area contributed by atoms with Crippen LogP contribution in [0.15, 0.2) is 36.7 Å². The second kappa shape index (κ2) is 6.97. The normalized spacial score (nSPS) is 16.9. The first-order chi connectivity index (χ1) is 10.6. The Morgan fingerprint density at radius 2 is 1.86 bits per heavy atom. The highest BCUT2D eigenvalue weighted by molar-refractivity contribution is 6.43. The average Bonchev–Trinajstić information content (AvgIpc) is 2.53. The van der Waals surface area contributed by atoms with Gasteiger partial charge in [0.2, 0.25) is 0 Å². The highest BCUT2D eigenvalue weighted by atomic mass is 35.5. The Labute approximate surface area is 141 Å². The molecule has 1 aliphatic rings. The van der Waals surface area contributed by atoms with E-state index >= 15 is 0 Å². The van der Waals surface area contributed by atoms with Crippen molar-refractivity contribution in [2.24, 2.45) is 0 Å². The quantitative estimate of drug-likeness (QED) is 0.850. The van der Waals surface area contributed by atoms with Crippen LogP contribution in [-0.4, -0.2) is 48.0 Å². The Bertz CT molecular complexity index is 652. The summed E-state index contributed by atoms with van der Waals surface area (Å²) in [7, 11) is 2.17. The molecule has 3 rings (SSSR count). The number of hydrogen-bond acceptors (Lipinski definition) is 3. The Balaban J connectivity index is 1.79. The number of rotatable bonds is 3. The fourth-order valence-corrected chi connectivity index (χ4v) is 3.12. The van der Waals surface area contributed by atoms with Crippen molar-refractivity contribution in [1.82, 2.24) is 14.8 Å². The third kappa shape index (κ3) is 3.61. The molecule has 0 amide bonds. The van der Waals surface area contributed by atoms with E-state index in [1.807, 2.05) is 24.5 Å². The van der Waals surface area contributed by atoms with E-state index in [2.05, 4.69) is 27.9 Å².